The number of carbonyl (C=O) groups excluding carboxylic acids is 2. The summed E-state index contributed by atoms with van der Waals surface area (Å²) in [5.74, 6) is 0.173. The predicted molar refractivity (Wildman–Crippen MR) is 136 cm³/mol. The van der Waals surface area contributed by atoms with E-state index in [-0.39, 0.29) is 11.8 Å². The van der Waals surface area contributed by atoms with Crippen LogP contribution in [-0.4, -0.2) is 35.6 Å². The maximum atomic E-state index is 13.3. The van der Waals surface area contributed by atoms with Gasteiger partial charge in [-0.3, -0.25) is 9.59 Å². The van der Waals surface area contributed by atoms with Gasteiger partial charge in [-0.25, -0.2) is 4.99 Å². The number of nitrogens with zero attached hydrogens (tertiary/aromatic N) is 2. The summed E-state index contributed by atoms with van der Waals surface area (Å²) >= 11 is 0. The Labute approximate surface area is 196 Å². The lowest BCUT2D eigenvalue weighted by atomic mass is 10.0. The summed E-state index contributed by atoms with van der Waals surface area (Å²) in [7, 11) is 0. The highest BCUT2D eigenvalue weighted by Crippen LogP contribution is 2.29. The van der Waals surface area contributed by atoms with Gasteiger partial charge in [0.15, 0.2) is 0 Å². The fourth-order valence-electron chi connectivity index (χ4n) is 3.81. The molecule has 174 valence electrons. The zero-order valence-corrected chi connectivity index (χ0v) is 19.9. The monoisotopic (exact) mass is 446 g/mol. The molecule has 0 bridgehead atoms. The molecule has 0 fully saturated rings. The van der Waals surface area contributed by atoms with Crippen LogP contribution >= 0.6 is 0 Å². The molecule has 2 amide bonds. The summed E-state index contributed by atoms with van der Waals surface area (Å²) in [6, 6.07) is 13.0. The molecule has 6 nitrogen and oxygen atoms in total. The van der Waals surface area contributed by atoms with Crippen LogP contribution in [0.2, 0.25) is 0 Å². The molecule has 0 radical (unpaired) electrons. The summed E-state index contributed by atoms with van der Waals surface area (Å²) < 4.78 is 0. The molecule has 0 atom stereocenters. The highest BCUT2D eigenvalue weighted by Gasteiger charge is 2.21. The molecule has 0 aromatic heterocycles. The van der Waals surface area contributed by atoms with Gasteiger partial charge in [-0.15, -0.1) is 0 Å². The number of hydrogen-bond acceptors (Lipinski definition) is 4. The normalized spacial score (nSPS) is 12.8. The number of hydrogen-bond donors (Lipinski definition) is 2. The van der Waals surface area contributed by atoms with Gasteiger partial charge < -0.3 is 16.0 Å². The van der Waals surface area contributed by atoms with Crippen LogP contribution in [-0.2, 0) is 4.79 Å². The quantitative estimate of drug-likeness (QED) is 0.537. The van der Waals surface area contributed by atoms with Crippen molar-refractivity contribution in [1.82, 2.24) is 4.90 Å². The van der Waals surface area contributed by atoms with E-state index in [1.54, 1.807) is 12.1 Å². The number of unbranched alkanes of at least 4 members (excludes halogenated alkanes) is 2. The second kappa shape index (κ2) is 11.5. The van der Waals surface area contributed by atoms with E-state index in [0.717, 1.165) is 55.6 Å². The van der Waals surface area contributed by atoms with Crippen LogP contribution in [0, 0.1) is 6.92 Å². The second-order valence-corrected chi connectivity index (χ2v) is 8.55. The van der Waals surface area contributed by atoms with Crippen LogP contribution in [0.4, 0.5) is 11.4 Å². The second-order valence-electron chi connectivity index (χ2n) is 8.55. The van der Waals surface area contributed by atoms with Crippen molar-refractivity contribution in [3.63, 3.8) is 0 Å². The van der Waals surface area contributed by atoms with Crippen molar-refractivity contribution in [2.45, 2.75) is 52.9 Å². The molecule has 6 heteroatoms. The van der Waals surface area contributed by atoms with Gasteiger partial charge in [0.25, 0.3) is 5.91 Å². The summed E-state index contributed by atoms with van der Waals surface area (Å²) in [5, 5.41) is 2.92. The van der Waals surface area contributed by atoms with Crippen molar-refractivity contribution in [2.75, 3.05) is 18.4 Å². The van der Waals surface area contributed by atoms with Crippen molar-refractivity contribution in [1.29, 1.82) is 0 Å². The maximum absolute atomic E-state index is 13.3. The molecule has 0 saturated carbocycles. The molecular formula is C27H34N4O2. The first-order valence-corrected chi connectivity index (χ1v) is 11.8. The average molecular weight is 447 g/mol. The summed E-state index contributed by atoms with van der Waals surface area (Å²) in [5.41, 5.74) is 10.5. The SMILES string of the molecule is CCCCN(CCCC)C(=O)C1=Cc2ccc(C(=O)Nc3cccc(C)c3)cc2N=C(N)C1. The number of fused-ring (bicyclic) bond motifs is 1. The third-order valence-electron chi connectivity index (χ3n) is 5.66. The zero-order valence-electron chi connectivity index (χ0n) is 19.9. The Bertz CT molecular complexity index is 1060. The van der Waals surface area contributed by atoms with Crippen molar-refractivity contribution in [2.24, 2.45) is 10.7 Å². The fourth-order valence-corrected chi connectivity index (χ4v) is 3.81. The molecule has 2 aromatic rings. The van der Waals surface area contributed by atoms with Gasteiger partial charge in [-0.1, -0.05) is 44.9 Å². The Morgan fingerprint density at radius 1 is 1.06 bits per heavy atom. The lowest BCUT2D eigenvalue weighted by molar-refractivity contribution is -0.127. The summed E-state index contributed by atoms with van der Waals surface area (Å²) in [4.78, 5) is 32.5. The number of nitrogens with one attached hydrogen (secondary N) is 1. The third-order valence-corrected chi connectivity index (χ3v) is 5.66. The van der Waals surface area contributed by atoms with Gasteiger partial charge in [0, 0.05) is 41.9 Å². The Kier molecular flexibility index (Phi) is 8.41. The Morgan fingerprint density at radius 3 is 2.45 bits per heavy atom. The van der Waals surface area contributed by atoms with Crippen molar-refractivity contribution in [3.05, 3.63) is 64.7 Å². The number of aryl methyl sites for hydroxylation is 1. The maximum Gasteiger partial charge on any atom is 0.255 e. The number of carbonyl (C=O) groups is 2. The fraction of sp³-hybridized carbons (Fsp3) is 0.370. The van der Waals surface area contributed by atoms with Crippen LogP contribution in [0.1, 0.15) is 67.4 Å². The van der Waals surface area contributed by atoms with Gasteiger partial charge in [0.05, 0.1) is 5.69 Å². The third kappa shape index (κ3) is 6.54. The summed E-state index contributed by atoms with van der Waals surface area (Å²) in [6.45, 7) is 7.72. The van der Waals surface area contributed by atoms with Crippen molar-refractivity contribution in [3.8, 4) is 0 Å². The minimum Gasteiger partial charge on any atom is -0.387 e. The highest BCUT2D eigenvalue weighted by atomic mass is 16.2. The van der Waals surface area contributed by atoms with Gasteiger partial charge in [0.1, 0.15) is 5.84 Å². The predicted octanol–water partition coefficient (Wildman–Crippen LogP) is 5.45. The number of amides is 2. The molecule has 2 aromatic carbocycles. The number of nitrogens with two attached hydrogens (primary N) is 1. The Balaban J connectivity index is 1.85. The summed E-state index contributed by atoms with van der Waals surface area (Å²) in [6.07, 6.45) is 6.19. The molecule has 1 aliphatic heterocycles. The number of rotatable bonds is 9. The Hall–Kier alpha value is -3.41. The number of amidine groups is 1. The van der Waals surface area contributed by atoms with Crippen LogP contribution in [0.3, 0.4) is 0 Å². The van der Waals surface area contributed by atoms with Gasteiger partial charge in [-0.05, 0) is 55.7 Å². The van der Waals surface area contributed by atoms with E-state index in [9.17, 15) is 9.59 Å². The molecule has 3 N–H and O–H groups in total. The van der Waals surface area contributed by atoms with Crippen LogP contribution < -0.4 is 11.1 Å². The lowest BCUT2D eigenvalue weighted by Gasteiger charge is -2.23. The van der Waals surface area contributed by atoms with Crippen LogP contribution in [0.5, 0.6) is 0 Å². The lowest BCUT2D eigenvalue weighted by Crippen LogP contribution is -2.35. The molecule has 0 spiro atoms. The first kappa shape index (κ1) is 24.2. The largest absolute Gasteiger partial charge is 0.387 e. The van der Waals surface area contributed by atoms with Gasteiger partial charge in [0.2, 0.25) is 5.91 Å². The van der Waals surface area contributed by atoms with Crippen molar-refractivity contribution < 1.29 is 9.59 Å². The molecule has 1 heterocycles. The minimum atomic E-state index is -0.216. The highest BCUT2D eigenvalue weighted by molar-refractivity contribution is 6.07. The molecular weight excluding hydrogens is 412 g/mol. The molecule has 33 heavy (non-hydrogen) atoms. The van der Waals surface area contributed by atoms with E-state index < -0.39 is 0 Å². The molecule has 3 rings (SSSR count). The van der Waals surface area contributed by atoms with Crippen LogP contribution in [0.25, 0.3) is 6.08 Å². The van der Waals surface area contributed by atoms with E-state index in [1.807, 2.05) is 48.2 Å². The smallest absolute Gasteiger partial charge is 0.255 e. The number of benzene rings is 2. The first-order valence-electron chi connectivity index (χ1n) is 11.8. The Morgan fingerprint density at radius 2 is 1.79 bits per heavy atom. The van der Waals surface area contributed by atoms with E-state index >= 15 is 0 Å². The van der Waals surface area contributed by atoms with Crippen LogP contribution in [0.15, 0.2) is 53.0 Å². The number of anilines is 1. The first-order chi connectivity index (χ1) is 15.9. The molecule has 0 unspecified atom stereocenters. The standard InChI is InChI=1S/C27H34N4O2/c1-4-6-13-31(14-7-5-2)27(33)22-16-20-11-12-21(17-24(20)30-25(28)18-22)26(32)29-23-10-8-9-19(3)15-23/h8-12,15-17H,4-7,13-14,18H2,1-3H3,(H2,28,30)(H,29,32). The molecule has 0 aliphatic carbocycles. The minimum absolute atomic E-state index is 0.0177. The van der Waals surface area contributed by atoms with E-state index in [2.05, 4.69) is 24.2 Å². The number of aliphatic imine (C=N–C) groups is 1. The van der Waals surface area contributed by atoms with Gasteiger partial charge >= 0.3 is 0 Å². The zero-order chi connectivity index (χ0) is 23.8. The van der Waals surface area contributed by atoms with E-state index in [1.165, 1.54) is 0 Å². The topological polar surface area (TPSA) is 87.8 Å². The van der Waals surface area contributed by atoms with E-state index in [0.29, 0.717) is 29.1 Å². The van der Waals surface area contributed by atoms with E-state index in [4.69, 9.17) is 5.73 Å². The molecule has 0 saturated heterocycles. The molecule has 1 aliphatic rings. The average Bonchev–Trinajstić information content (AvgIpc) is 2.96. The van der Waals surface area contributed by atoms with Gasteiger partial charge in [-0.2, -0.15) is 0 Å². The van der Waals surface area contributed by atoms with Crippen molar-refractivity contribution >= 4 is 35.1 Å².